The monoisotopic (exact) mass is 126 g/mol. The van der Waals surface area contributed by atoms with Gasteiger partial charge in [-0.3, -0.25) is 0 Å². The minimum absolute atomic E-state index is 0.243. The maximum atomic E-state index is 10.7. The van der Waals surface area contributed by atoms with Crippen LogP contribution in [0.4, 0.5) is 0 Å². The van der Waals surface area contributed by atoms with Gasteiger partial charge in [-0.15, -0.1) is 0 Å². The molecule has 0 unspecified atom stereocenters. The molecule has 1 saturated carbocycles. The molecule has 9 heavy (non-hydrogen) atoms. The maximum absolute atomic E-state index is 10.7. The fourth-order valence-corrected chi connectivity index (χ4v) is 1.96. The van der Waals surface area contributed by atoms with E-state index < -0.39 is 0 Å². The van der Waals surface area contributed by atoms with Crippen LogP contribution in [0.15, 0.2) is 0 Å². The standard InChI is InChI=1S/C7H12NO/c1-8-3-2-7(8)4-6(9)5-7/h6H,2-5H2,1H3. The first-order valence-corrected chi connectivity index (χ1v) is 3.60. The minimum Gasteiger partial charge on any atom is -0.300 e. The minimum atomic E-state index is -0.243. The van der Waals surface area contributed by atoms with Crippen LogP contribution in [0.3, 0.4) is 0 Å². The van der Waals surface area contributed by atoms with Crippen molar-refractivity contribution in [3.8, 4) is 0 Å². The van der Waals surface area contributed by atoms with E-state index in [1.807, 2.05) is 0 Å². The zero-order valence-electron chi connectivity index (χ0n) is 5.76. The van der Waals surface area contributed by atoms with Crippen molar-refractivity contribution in [1.29, 1.82) is 0 Å². The SMILES string of the molecule is CN1CCC12CC([O])C2. The Kier molecular flexibility index (Phi) is 0.945. The number of hydrogen-bond acceptors (Lipinski definition) is 1. The first kappa shape index (κ1) is 5.69. The van der Waals surface area contributed by atoms with Crippen molar-refractivity contribution in [1.82, 2.24) is 4.90 Å². The van der Waals surface area contributed by atoms with Crippen molar-refractivity contribution in [2.45, 2.75) is 30.9 Å². The van der Waals surface area contributed by atoms with Crippen LogP contribution < -0.4 is 0 Å². The van der Waals surface area contributed by atoms with Crippen molar-refractivity contribution < 1.29 is 5.11 Å². The molecule has 2 rings (SSSR count). The molecular weight excluding hydrogens is 114 g/mol. The number of hydrogen-bond donors (Lipinski definition) is 0. The summed E-state index contributed by atoms with van der Waals surface area (Å²) in [6, 6.07) is 0. The molecule has 0 bridgehead atoms. The van der Waals surface area contributed by atoms with E-state index in [0.717, 1.165) is 12.8 Å². The summed E-state index contributed by atoms with van der Waals surface area (Å²) in [7, 11) is 2.12. The van der Waals surface area contributed by atoms with Gasteiger partial charge >= 0.3 is 0 Å². The molecule has 1 aliphatic carbocycles. The van der Waals surface area contributed by atoms with Gasteiger partial charge in [0.2, 0.25) is 0 Å². The molecule has 1 saturated heterocycles. The lowest BCUT2D eigenvalue weighted by atomic mass is 9.66. The topological polar surface area (TPSA) is 23.1 Å². The Morgan fingerprint density at radius 2 is 2.22 bits per heavy atom. The van der Waals surface area contributed by atoms with Gasteiger partial charge in [-0.25, -0.2) is 5.11 Å². The Morgan fingerprint density at radius 1 is 1.56 bits per heavy atom. The lowest BCUT2D eigenvalue weighted by Gasteiger charge is -2.58. The Hall–Kier alpha value is -0.0800. The predicted molar refractivity (Wildman–Crippen MR) is 33.7 cm³/mol. The molecule has 0 aromatic heterocycles. The third kappa shape index (κ3) is 0.578. The zero-order chi connectivity index (χ0) is 6.48. The summed E-state index contributed by atoms with van der Waals surface area (Å²) in [5.41, 5.74) is 0.395. The molecule has 0 aromatic carbocycles. The van der Waals surface area contributed by atoms with Crippen molar-refractivity contribution in [2.75, 3.05) is 13.6 Å². The molecule has 0 amide bonds. The van der Waals surface area contributed by atoms with Gasteiger partial charge < -0.3 is 4.90 Å². The molecule has 2 nitrogen and oxygen atoms in total. The predicted octanol–water partition coefficient (Wildman–Crippen LogP) is 0.654. The van der Waals surface area contributed by atoms with Crippen LogP contribution in [-0.2, 0) is 5.11 Å². The third-order valence-electron chi connectivity index (χ3n) is 2.94. The summed E-state index contributed by atoms with van der Waals surface area (Å²) < 4.78 is 0. The van der Waals surface area contributed by atoms with Crippen LogP contribution in [0, 0.1) is 0 Å². The second-order valence-electron chi connectivity index (χ2n) is 3.43. The van der Waals surface area contributed by atoms with Gasteiger partial charge in [0.15, 0.2) is 0 Å². The average molecular weight is 126 g/mol. The van der Waals surface area contributed by atoms with E-state index >= 15 is 0 Å². The van der Waals surface area contributed by atoms with E-state index in [0.29, 0.717) is 5.54 Å². The molecule has 2 heteroatoms. The van der Waals surface area contributed by atoms with Crippen LogP contribution in [0.2, 0.25) is 0 Å². The quantitative estimate of drug-likeness (QED) is 0.467. The van der Waals surface area contributed by atoms with Gasteiger partial charge in [-0.2, -0.15) is 0 Å². The first-order chi connectivity index (χ1) is 4.23. The number of rotatable bonds is 0. The summed E-state index contributed by atoms with van der Waals surface area (Å²) >= 11 is 0. The highest BCUT2D eigenvalue weighted by Crippen LogP contribution is 2.46. The molecule has 2 fully saturated rings. The first-order valence-electron chi connectivity index (χ1n) is 3.60. The smallest absolute Gasteiger partial charge is 0.0965 e. The van der Waals surface area contributed by atoms with Crippen molar-refractivity contribution in [3.63, 3.8) is 0 Å². The van der Waals surface area contributed by atoms with Crippen LogP contribution in [0.1, 0.15) is 19.3 Å². The lowest BCUT2D eigenvalue weighted by Crippen LogP contribution is -2.66. The molecule has 1 radical (unpaired) electrons. The molecule has 0 atom stereocenters. The van der Waals surface area contributed by atoms with Crippen LogP contribution in [0.25, 0.3) is 0 Å². The average Bonchev–Trinajstić information content (AvgIpc) is 1.77. The van der Waals surface area contributed by atoms with Gasteiger partial charge in [0, 0.05) is 12.1 Å². The Labute approximate surface area is 55.5 Å². The van der Waals surface area contributed by atoms with Crippen LogP contribution in [-0.4, -0.2) is 30.1 Å². The Morgan fingerprint density at radius 3 is 2.33 bits per heavy atom. The molecule has 1 heterocycles. The van der Waals surface area contributed by atoms with Gasteiger partial charge in [0.25, 0.3) is 0 Å². The third-order valence-corrected chi connectivity index (χ3v) is 2.94. The summed E-state index contributed by atoms with van der Waals surface area (Å²) in [5.74, 6) is 0. The van der Waals surface area contributed by atoms with Crippen molar-refractivity contribution in [3.05, 3.63) is 0 Å². The Bertz CT molecular complexity index is 129. The molecule has 2 aliphatic rings. The van der Waals surface area contributed by atoms with E-state index in [1.54, 1.807) is 0 Å². The normalized spacial score (nSPS) is 50.7. The molecule has 1 spiro atoms. The second-order valence-corrected chi connectivity index (χ2v) is 3.43. The van der Waals surface area contributed by atoms with Gasteiger partial charge in [-0.05, 0) is 26.3 Å². The fraction of sp³-hybridized carbons (Fsp3) is 1.00. The summed E-state index contributed by atoms with van der Waals surface area (Å²) in [5, 5.41) is 10.7. The second kappa shape index (κ2) is 1.50. The van der Waals surface area contributed by atoms with E-state index in [-0.39, 0.29) is 6.10 Å². The summed E-state index contributed by atoms with van der Waals surface area (Å²) in [6.07, 6.45) is 2.84. The molecule has 0 N–H and O–H groups in total. The summed E-state index contributed by atoms with van der Waals surface area (Å²) in [4.78, 5) is 2.32. The molecule has 0 aromatic rings. The van der Waals surface area contributed by atoms with Crippen LogP contribution in [0.5, 0.6) is 0 Å². The zero-order valence-corrected chi connectivity index (χ0v) is 5.76. The number of likely N-dealkylation sites (tertiary alicyclic amines) is 1. The lowest BCUT2D eigenvalue weighted by molar-refractivity contribution is -0.143. The van der Waals surface area contributed by atoms with E-state index in [1.165, 1.54) is 13.0 Å². The highest BCUT2D eigenvalue weighted by atomic mass is 16.3. The summed E-state index contributed by atoms with van der Waals surface area (Å²) in [6.45, 7) is 1.20. The molecule has 1 aliphatic heterocycles. The van der Waals surface area contributed by atoms with E-state index in [4.69, 9.17) is 0 Å². The van der Waals surface area contributed by atoms with Gasteiger partial charge in [-0.1, -0.05) is 0 Å². The van der Waals surface area contributed by atoms with Gasteiger partial charge in [0.05, 0.1) is 6.10 Å². The van der Waals surface area contributed by atoms with Crippen molar-refractivity contribution in [2.24, 2.45) is 0 Å². The van der Waals surface area contributed by atoms with Crippen molar-refractivity contribution >= 4 is 0 Å². The highest BCUT2D eigenvalue weighted by Gasteiger charge is 2.52. The van der Waals surface area contributed by atoms with E-state index in [2.05, 4.69) is 11.9 Å². The fourth-order valence-electron chi connectivity index (χ4n) is 1.96. The molecular formula is C7H12NO. The molecule has 51 valence electrons. The Balaban J connectivity index is 1.97. The van der Waals surface area contributed by atoms with Crippen LogP contribution >= 0.6 is 0 Å². The largest absolute Gasteiger partial charge is 0.300 e. The van der Waals surface area contributed by atoms with Gasteiger partial charge in [0.1, 0.15) is 0 Å². The maximum Gasteiger partial charge on any atom is 0.0965 e. The highest BCUT2D eigenvalue weighted by molar-refractivity contribution is 5.07. The van der Waals surface area contributed by atoms with E-state index in [9.17, 15) is 5.11 Å². The number of nitrogens with zero attached hydrogens (tertiary/aromatic N) is 1.